The fourth-order valence-corrected chi connectivity index (χ4v) is 2.04. The van der Waals surface area contributed by atoms with Crippen LogP contribution < -0.4 is 0 Å². The quantitative estimate of drug-likeness (QED) is 0.747. The first-order valence-corrected chi connectivity index (χ1v) is 6.04. The van der Waals surface area contributed by atoms with Crippen LogP contribution in [0.25, 0.3) is 11.1 Å². The lowest BCUT2D eigenvalue weighted by Crippen LogP contribution is -2.16. The third-order valence-corrected chi connectivity index (χ3v) is 3.01. The van der Waals surface area contributed by atoms with Gasteiger partial charge in [0, 0.05) is 20.6 Å². The van der Waals surface area contributed by atoms with Gasteiger partial charge in [-0.2, -0.15) is 0 Å². The van der Waals surface area contributed by atoms with E-state index in [-0.39, 0.29) is 6.29 Å². The molecule has 18 heavy (non-hydrogen) atoms. The van der Waals surface area contributed by atoms with Crippen molar-refractivity contribution < 1.29 is 9.47 Å². The molecule has 94 valence electrons. The van der Waals surface area contributed by atoms with Crippen molar-refractivity contribution >= 4 is 0 Å². The van der Waals surface area contributed by atoms with Gasteiger partial charge in [0.1, 0.15) is 0 Å². The van der Waals surface area contributed by atoms with Crippen molar-refractivity contribution in [3.05, 3.63) is 60.2 Å². The lowest BCUT2D eigenvalue weighted by atomic mass is 9.97. The average molecular weight is 242 g/mol. The number of hydrogen-bond acceptors (Lipinski definition) is 2. The Labute approximate surface area is 108 Å². The lowest BCUT2D eigenvalue weighted by Gasteiger charge is -2.16. The Morgan fingerprint density at radius 2 is 1.44 bits per heavy atom. The molecule has 2 rings (SSSR count). The second kappa shape index (κ2) is 6.34. The van der Waals surface area contributed by atoms with E-state index in [0.717, 1.165) is 6.42 Å². The summed E-state index contributed by atoms with van der Waals surface area (Å²) in [7, 11) is 3.33. The van der Waals surface area contributed by atoms with Crippen molar-refractivity contribution in [2.24, 2.45) is 0 Å². The summed E-state index contributed by atoms with van der Waals surface area (Å²) in [5.41, 5.74) is 3.69. The monoisotopic (exact) mass is 242 g/mol. The average Bonchev–Trinajstić information content (AvgIpc) is 2.46. The van der Waals surface area contributed by atoms with E-state index in [1.54, 1.807) is 14.2 Å². The van der Waals surface area contributed by atoms with Crippen LogP contribution in [-0.2, 0) is 15.9 Å². The smallest absolute Gasteiger partial charge is 0.160 e. The Kier molecular flexibility index (Phi) is 4.51. The van der Waals surface area contributed by atoms with E-state index in [1.807, 2.05) is 12.1 Å². The Bertz CT molecular complexity index is 475. The minimum atomic E-state index is -0.199. The standard InChI is InChI=1S/C16H18O2/c1-17-16(18-2)12-14-10-6-7-11-15(14)13-8-4-3-5-9-13/h3-11,16H,12H2,1-2H3. The molecule has 2 aromatic carbocycles. The second-order valence-corrected chi connectivity index (χ2v) is 4.13. The van der Waals surface area contributed by atoms with Crippen molar-refractivity contribution in [1.29, 1.82) is 0 Å². The van der Waals surface area contributed by atoms with E-state index in [1.165, 1.54) is 16.7 Å². The van der Waals surface area contributed by atoms with Gasteiger partial charge in [0.25, 0.3) is 0 Å². The maximum Gasteiger partial charge on any atom is 0.160 e. The molecule has 0 fully saturated rings. The SMILES string of the molecule is COC(Cc1ccccc1-c1ccccc1)OC. The maximum atomic E-state index is 5.27. The van der Waals surface area contributed by atoms with Crippen LogP contribution in [0.4, 0.5) is 0 Å². The Hall–Kier alpha value is -1.64. The van der Waals surface area contributed by atoms with Gasteiger partial charge < -0.3 is 9.47 Å². The van der Waals surface area contributed by atoms with E-state index in [2.05, 4.69) is 42.5 Å². The summed E-state index contributed by atoms with van der Waals surface area (Å²) in [4.78, 5) is 0. The molecule has 0 unspecified atom stereocenters. The molecule has 0 aromatic heterocycles. The van der Waals surface area contributed by atoms with Gasteiger partial charge in [-0.05, 0) is 16.7 Å². The Morgan fingerprint density at radius 3 is 2.11 bits per heavy atom. The number of benzene rings is 2. The topological polar surface area (TPSA) is 18.5 Å². The minimum absolute atomic E-state index is 0.199. The van der Waals surface area contributed by atoms with Gasteiger partial charge in [0.2, 0.25) is 0 Å². The predicted octanol–water partition coefficient (Wildman–Crippen LogP) is 3.52. The summed E-state index contributed by atoms with van der Waals surface area (Å²) in [6.45, 7) is 0. The van der Waals surface area contributed by atoms with Crippen LogP contribution in [0.5, 0.6) is 0 Å². The van der Waals surface area contributed by atoms with Crippen molar-refractivity contribution in [1.82, 2.24) is 0 Å². The first-order chi connectivity index (χ1) is 8.85. The molecule has 0 bridgehead atoms. The molecule has 0 heterocycles. The normalized spacial score (nSPS) is 10.8. The van der Waals surface area contributed by atoms with Gasteiger partial charge in [-0.3, -0.25) is 0 Å². The molecule has 0 radical (unpaired) electrons. The second-order valence-electron chi connectivity index (χ2n) is 4.13. The fourth-order valence-electron chi connectivity index (χ4n) is 2.04. The molecule has 2 aromatic rings. The van der Waals surface area contributed by atoms with Crippen LogP contribution in [0.15, 0.2) is 54.6 Å². The zero-order valence-electron chi connectivity index (χ0n) is 10.8. The maximum absolute atomic E-state index is 5.27. The van der Waals surface area contributed by atoms with Crippen molar-refractivity contribution in [3.8, 4) is 11.1 Å². The minimum Gasteiger partial charge on any atom is -0.356 e. The molecule has 0 saturated carbocycles. The van der Waals surface area contributed by atoms with Gasteiger partial charge in [-0.1, -0.05) is 54.6 Å². The summed E-state index contributed by atoms with van der Waals surface area (Å²) >= 11 is 0. The highest BCUT2D eigenvalue weighted by Crippen LogP contribution is 2.24. The van der Waals surface area contributed by atoms with E-state index >= 15 is 0 Å². The molecule has 0 spiro atoms. The summed E-state index contributed by atoms with van der Waals surface area (Å²) < 4.78 is 10.5. The van der Waals surface area contributed by atoms with E-state index in [9.17, 15) is 0 Å². The molecular formula is C16H18O2. The summed E-state index contributed by atoms with van der Waals surface area (Å²) in [5, 5.41) is 0. The highest BCUT2D eigenvalue weighted by molar-refractivity contribution is 5.67. The lowest BCUT2D eigenvalue weighted by molar-refractivity contribution is -0.100. The third kappa shape index (κ3) is 2.97. The summed E-state index contributed by atoms with van der Waals surface area (Å²) in [6.07, 6.45) is 0.549. The van der Waals surface area contributed by atoms with Crippen molar-refractivity contribution in [2.75, 3.05) is 14.2 Å². The zero-order chi connectivity index (χ0) is 12.8. The third-order valence-electron chi connectivity index (χ3n) is 3.01. The van der Waals surface area contributed by atoms with Crippen LogP contribution in [0.3, 0.4) is 0 Å². The van der Waals surface area contributed by atoms with E-state index in [0.29, 0.717) is 0 Å². The first kappa shape index (κ1) is 12.8. The summed E-state index contributed by atoms with van der Waals surface area (Å²) in [5.74, 6) is 0. The molecule has 0 atom stereocenters. The highest BCUT2D eigenvalue weighted by atomic mass is 16.7. The van der Waals surface area contributed by atoms with Crippen molar-refractivity contribution in [3.63, 3.8) is 0 Å². The Balaban J connectivity index is 2.31. The predicted molar refractivity (Wildman–Crippen MR) is 73.4 cm³/mol. The largest absolute Gasteiger partial charge is 0.356 e. The zero-order valence-corrected chi connectivity index (χ0v) is 10.8. The fraction of sp³-hybridized carbons (Fsp3) is 0.250. The van der Waals surface area contributed by atoms with Gasteiger partial charge in [-0.15, -0.1) is 0 Å². The molecule has 0 aliphatic heterocycles. The summed E-state index contributed by atoms with van der Waals surface area (Å²) in [6, 6.07) is 18.7. The molecule has 2 nitrogen and oxygen atoms in total. The molecule has 0 aliphatic rings. The van der Waals surface area contributed by atoms with Gasteiger partial charge in [0.15, 0.2) is 6.29 Å². The number of hydrogen-bond donors (Lipinski definition) is 0. The molecule has 0 N–H and O–H groups in total. The molecule has 0 amide bonds. The van der Waals surface area contributed by atoms with E-state index in [4.69, 9.17) is 9.47 Å². The van der Waals surface area contributed by atoms with Gasteiger partial charge >= 0.3 is 0 Å². The van der Waals surface area contributed by atoms with E-state index < -0.39 is 0 Å². The first-order valence-electron chi connectivity index (χ1n) is 6.04. The molecular weight excluding hydrogens is 224 g/mol. The number of rotatable bonds is 5. The highest BCUT2D eigenvalue weighted by Gasteiger charge is 2.10. The molecule has 0 saturated heterocycles. The van der Waals surface area contributed by atoms with Crippen molar-refractivity contribution in [2.45, 2.75) is 12.7 Å². The molecule has 2 heteroatoms. The molecule has 0 aliphatic carbocycles. The number of ether oxygens (including phenoxy) is 2. The van der Waals surface area contributed by atoms with Gasteiger partial charge in [-0.25, -0.2) is 0 Å². The van der Waals surface area contributed by atoms with Crippen LogP contribution in [0.1, 0.15) is 5.56 Å². The van der Waals surface area contributed by atoms with Crippen LogP contribution >= 0.6 is 0 Å². The Morgan fingerprint density at radius 1 is 0.833 bits per heavy atom. The van der Waals surface area contributed by atoms with Crippen LogP contribution in [0, 0.1) is 0 Å². The van der Waals surface area contributed by atoms with Crippen LogP contribution in [-0.4, -0.2) is 20.5 Å². The van der Waals surface area contributed by atoms with Gasteiger partial charge in [0.05, 0.1) is 0 Å². The number of methoxy groups -OCH3 is 2. The van der Waals surface area contributed by atoms with Crippen LogP contribution in [0.2, 0.25) is 0 Å².